The topological polar surface area (TPSA) is 93.4 Å². The van der Waals surface area contributed by atoms with Crippen molar-refractivity contribution in [1.29, 1.82) is 0 Å². The second-order valence-corrected chi connectivity index (χ2v) is 5.32. The lowest BCUT2D eigenvalue weighted by molar-refractivity contribution is -0.121. The van der Waals surface area contributed by atoms with Crippen LogP contribution < -0.4 is 21.1 Å². The zero-order chi connectivity index (χ0) is 15.1. The number of carbonyl (C=O) groups is 2. The van der Waals surface area contributed by atoms with Crippen molar-refractivity contribution in [1.82, 2.24) is 10.6 Å². The highest BCUT2D eigenvalue weighted by Crippen LogP contribution is 2.29. The van der Waals surface area contributed by atoms with Crippen LogP contribution in [0.3, 0.4) is 0 Å². The normalized spacial score (nSPS) is 10.4. The van der Waals surface area contributed by atoms with E-state index in [4.69, 9.17) is 10.5 Å². The first-order chi connectivity index (χ1) is 9.40. The number of carbonyl (C=O) groups excluding carboxylic acids is 2. The van der Waals surface area contributed by atoms with Crippen molar-refractivity contribution in [2.75, 3.05) is 6.61 Å². The maximum atomic E-state index is 11.3. The molecule has 0 aliphatic rings. The molecule has 110 valence electrons. The van der Waals surface area contributed by atoms with Crippen molar-refractivity contribution in [2.24, 2.45) is 5.73 Å². The molecule has 0 spiro atoms. The molecule has 0 aliphatic heterocycles. The van der Waals surface area contributed by atoms with Gasteiger partial charge in [0.05, 0.1) is 4.47 Å². The summed E-state index contributed by atoms with van der Waals surface area (Å²) in [5, 5.41) is 5.22. The molecule has 0 aromatic heterocycles. The van der Waals surface area contributed by atoms with Crippen molar-refractivity contribution < 1.29 is 14.3 Å². The lowest BCUT2D eigenvalue weighted by atomic mass is 10.2. The SMILES string of the molecule is CC(C)NCc1cccc(Br)c1OCC(=O)NC(N)=O. The van der Waals surface area contributed by atoms with E-state index in [2.05, 4.69) is 21.2 Å². The molecule has 0 aliphatic carbocycles. The van der Waals surface area contributed by atoms with E-state index in [0.29, 0.717) is 18.3 Å². The fourth-order valence-electron chi connectivity index (χ4n) is 1.48. The van der Waals surface area contributed by atoms with E-state index in [0.717, 1.165) is 10.0 Å². The molecular weight excluding hydrogens is 326 g/mol. The number of urea groups is 1. The summed E-state index contributed by atoms with van der Waals surface area (Å²) < 4.78 is 6.20. The fraction of sp³-hybridized carbons (Fsp3) is 0.385. The number of amides is 3. The molecule has 0 unspecified atom stereocenters. The average molecular weight is 344 g/mol. The first-order valence-electron chi connectivity index (χ1n) is 6.13. The summed E-state index contributed by atoms with van der Waals surface area (Å²) in [7, 11) is 0. The minimum absolute atomic E-state index is 0.278. The minimum atomic E-state index is -0.896. The van der Waals surface area contributed by atoms with Crippen molar-refractivity contribution in [3.8, 4) is 5.75 Å². The first kappa shape index (κ1) is 16.5. The summed E-state index contributed by atoms with van der Waals surface area (Å²) in [6.45, 7) is 4.42. The smallest absolute Gasteiger partial charge is 0.318 e. The third-order valence-electron chi connectivity index (χ3n) is 2.36. The number of primary amides is 1. The third-order valence-corrected chi connectivity index (χ3v) is 2.98. The third kappa shape index (κ3) is 5.58. The predicted molar refractivity (Wildman–Crippen MR) is 79.3 cm³/mol. The van der Waals surface area contributed by atoms with Gasteiger partial charge in [0.2, 0.25) is 0 Å². The summed E-state index contributed by atoms with van der Waals surface area (Å²) >= 11 is 3.38. The summed E-state index contributed by atoms with van der Waals surface area (Å²) in [5.74, 6) is -0.0173. The second-order valence-electron chi connectivity index (χ2n) is 4.46. The predicted octanol–water partition coefficient (Wildman–Crippen LogP) is 1.52. The van der Waals surface area contributed by atoms with Gasteiger partial charge in [-0.15, -0.1) is 0 Å². The highest BCUT2D eigenvalue weighted by molar-refractivity contribution is 9.10. The van der Waals surface area contributed by atoms with Crippen LogP contribution in [0.5, 0.6) is 5.75 Å². The van der Waals surface area contributed by atoms with Crippen LogP contribution in [0.2, 0.25) is 0 Å². The van der Waals surface area contributed by atoms with Crippen LogP contribution in [0.15, 0.2) is 22.7 Å². The van der Waals surface area contributed by atoms with Gasteiger partial charge in [0.25, 0.3) is 5.91 Å². The van der Waals surface area contributed by atoms with Crippen LogP contribution >= 0.6 is 15.9 Å². The van der Waals surface area contributed by atoms with Crippen LogP contribution in [-0.2, 0) is 11.3 Å². The number of halogens is 1. The molecule has 4 N–H and O–H groups in total. The van der Waals surface area contributed by atoms with Gasteiger partial charge in [0.15, 0.2) is 6.61 Å². The van der Waals surface area contributed by atoms with E-state index in [9.17, 15) is 9.59 Å². The number of nitrogens with two attached hydrogens (primary N) is 1. The molecule has 0 fully saturated rings. The molecule has 0 saturated carbocycles. The summed E-state index contributed by atoms with van der Waals surface area (Å²) in [4.78, 5) is 21.9. The lowest BCUT2D eigenvalue weighted by Gasteiger charge is -2.14. The van der Waals surface area contributed by atoms with Gasteiger partial charge in [0.1, 0.15) is 5.75 Å². The summed E-state index contributed by atoms with van der Waals surface area (Å²) in [6, 6.07) is 5.05. The van der Waals surface area contributed by atoms with Gasteiger partial charge < -0.3 is 15.8 Å². The fourth-order valence-corrected chi connectivity index (χ4v) is 2.00. The van der Waals surface area contributed by atoms with Gasteiger partial charge in [-0.1, -0.05) is 26.0 Å². The Kier molecular flexibility index (Phi) is 6.47. The monoisotopic (exact) mass is 343 g/mol. The highest BCUT2D eigenvalue weighted by atomic mass is 79.9. The quantitative estimate of drug-likeness (QED) is 0.729. The molecular formula is C13H18BrN3O3. The van der Waals surface area contributed by atoms with Crippen molar-refractivity contribution >= 4 is 27.9 Å². The highest BCUT2D eigenvalue weighted by Gasteiger charge is 2.11. The molecule has 6 nitrogen and oxygen atoms in total. The molecule has 1 aromatic carbocycles. The number of rotatable bonds is 6. The second kappa shape index (κ2) is 7.86. The minimum Gasteiger partial charge on any atom is -0.482 e. The molecule has 0 saturated heterocycles. The van der Waals surface area contributed by atoms with Crippen molar-refractivity contribution in [3.63, 3.8) is 0 Å². The maximum Gasteiger partial charge on any atom is 0.318 e. The Bertz CT molecular complexity index is 492. The van der Waals surface area contributed by atoms with E-state index in [1.807, 2.05) is 37.4 Å². The molecule has 0 bridgehead atoms. The van der Waals surface area contributed by atoms with Crippen molar-refractivity contribution in [3.05, 3.63) is 28.2 Å². The van der Waals surface area contributed by atoms with Gasteiger partial charge in [0, 0.05) is 18.2 Å². The van der Waals surface area contributed by atoms with Crippen LogP contribution in [0.4, 0.5) is 4.79 Å². The number of para-hydroxylation sites is 1. The molecule has 3 amide bonds. The Morgan fingerprint density at radius 2 is 2.10 bits per heavy atom. The van der Waals surface area contributed by atoms with E-state index in [-0.39, 0.29) is 6.61 Å². The number of hydrogen-bond acceptors (Lipinski definition) is 4. The Morgan fingerprint density at radius 3 is 2.70 bits per heavy atom. The van der Waals surface area contributed by atoms with Gasteiger partial charge in [-0.05, 0) is 22.0 Å². The number of benzene rings is 1. The lowest BCUT2D eigenvalue weighted by Crippen LogP contribution is -2.38. The Balaban J connectivity index is 2.72. The van der Waals surface area contributed by atoms with Gasteiger partial charge in [-0.25, -0.2) is 4.79 Å². The molecule has 0 atom stereocenters. The van der Waals surface area contributed by atoms with E-state index < -0.39 is 11.9 Å². The number of imide groups is 1. The number of hydrogen-bond donors (Lipinski definition) is 3. The van der Waals surface area contributed by atoms with E-state index >= 15 is 0 Å². The standard InChI is InChI=1S/C13H18BrN3O3/c1-8(2)16-6-9-4-3-5-10(14)12(9)20-7-11(18)17-13(15)19/h3-5,8,16H,6-7H2,1-2H3,(H3,15,17,18,19). The summed E-state index contributed by atoms with van der Waals surface area (Å²) in [5.41, 5.74) is 5.77. The van der Waals surface area contributed by atoms with Gasteiger partial charge in [-0.3, -0.25) is 10.1 Å². The van der Waals surface area contributed by atoms with Crippen LogP contribution in [0, 0.1) is 0 Å². The van der Waals surface area contributed by atoms with E-state index in [1.54, 1.807) is 0 Å². The van der Waals surface area contributed by atoms with Crippen LogP contribution in [-0.4, -0.2) is 24.6 Å². The Morgan fingerprint density at radius 1 is 1.40 bits per heavy atom. The largest absolute Gasteiger partial charge is 0.482 e. The van der Waals surface area contributed by atoms with Crippen molar-refractivity contribution in [2.45, 2.75) is 26.4 Å². The maximum absolute atomic E-state index is 11.3. The van der Waals surface area contributed by atoms with Gasteiger partial charge in [-0.2, -0.15) is 0 Å². The first-order valence-corrected chi connectivity index (χ1v) is 6.92. The molecule has 0 heterocycles. The van der Waals surface area contributed by atoms with E-state index in [1.165, 1.54) is 0 Å². The zero-order valence-corrected chi connectivity index (χ0v) is 13.0. The number of nitrogens with one attached hydrogen (secondary N) is 2. The Hall–Kier alpha value is -1.60. The average Bonchev–Trinajstić information content (AvgIpc) is 2.34. The Labute approximate surface area is 126 Å². The molecule has 1 aromatic rings. The molecule has 7 heteroatoms. The molecule has 1 rings (SSSR count). The van der Waals surface area contributed by atoms with Gasteiger partial charge >= 0.3 is 6.03 Å². The molecule has 20 heavy (non-hydrogen) atoms. The molecule has 0 radical (unpaired) electrons. The zero-order valence-electron chi connectivity index (χ0n) is 11.4. The van der Waals surface area contributed by atoms with Crippen LogP contribution in [0.25, 0.3) is 0 Å². The van der Waals surface area contributed by atoms with Crippen LogP contribution in [0.1, 0.15) is 19.4 Å². The number of ether oxygens (including phenoxy) is 1. The summed E-state index contributed by atoms with van der Waals surface area (Å²) in [6.07, 6.45) is 0.